The van der Waals surface area contributed by atoms with Gasteiger partial charge in [-0.1, -0.05) is 0 Å². The first-order valence-corrected chi connectivity index (χ1v) is 8.77. The van der Waals surface area contributed by atoms with Crippen LogP contribution in [0.1, 0.15) is 48.7 Å². The summed E-state index contributed by atoms with van der Waals surface area (Å²) < 4.78 is 16.2. The molecule has 6 nitrogen and oxygen atoms in total. The summed E-state index contributed by atoms with van der Waals surface area (Å²) in [4.78, 5) is 27.2. The van der Waals surface area contributed by atoms with Gasteiger partial charge in [-0.25, -0.2) is 9.59 Å². The van der Waals surface area contributed by atoms with Crippen molar-refractivity contribution in [2.75, 3.05) is 13.7 Å². The normalized spacial score (nSPS) is 20.8. The predicted octanol–water partition coefficient (Wildman–Crippen LogP) is 3.62. The third-order valence-corrected chi connectivity index (χ3v) is 4.66. The number of aryl methyl sites for hydroxylation is 1. The van der Waals surface area contributed by atoms with Gasteiger partial charge in [-0.3, -0.25) is 0 Å². The summed E-state index contributed by atoms with van der Waals surface area (Å²) in [6.45, 7) is 9.84. The smallest absolute Gasteiger partial charge is 0.410 e. The van der Waals surface area contributed by atoms with E-state index in [1.54, 1.807) is 4.90 Å². The van der Waals surface area contributed by atoms with Crippen molar-refractivity contribution in [3.63, 3.8) is 0 Å². The van der Waals surface area contributed by atoms with E-state index in [0.717, 1.165) is 4.88 Å². The minimum absolute atomic E-state index is 0.0196. The number of thiophene rings is 1. The number of ether oxygens (including phenoxy) is 3. The van der Waals surface area contributed by atoms with Crippen LogP contribution < -0.4 is 4.74 Å². The first-order valence-electron chi connectivity index (χ1n) is 7.95. The number of likely N-dealkylation sites (tertiary alicyclic amines) is 1. The molecule has 2 atom stereocenters. The molecule has 0 spiro atoms. The van der Waals surface area contributed by atoms with Gasteiger partial charge < -0.3 is 19.1 Å². The second-order valence-corrected chi connectivity index (χ2v) is 8.26. The molecule has 7 heteroatoms. The van der Waals surface area contributed by atoms with Crippen LogP contribution in [0.4, 0.5) is 4.79 Å². The molecule has 1 amide bonds. The topological polar surface area (TPSA) is 65.1 Å². The van der Waals surface area contributed by atoms with E-state index in [0.29, 0.717) is 23.6 Å². The molecule has 0 aliphatic carbocycles. The Balaban J connectivity index is 2.06. The van der Waals surface area contributed by atoms with Crippen LogP contribution >= 0.6 is 11.3 Å². The van der Waals surface area contributed by atoms with Crippen LogP contribution in [-0.2, 0) is 9.47 Å². The Bertz CT molecular complexity index is 619. The van der Waals surface area contributed by atoms with Crippen LogP contribution in [-0.4, -0.2) is 48.4 Å². The maximum atomic E-state index is 12.3. The van der Waals surface area contributed by atoms with Crippen LogP contribution in [0.5, 0.6) is 5.75 Å². The molecule has 1 unspecified atom stereocenters. The second kappa shape index (κ2) is 7.01. The average molecular weight is 355 g/mol. The Labute approximate surface area is 146 Å². The Morgan fingerprint density at radius 1 is 1.33 bits per heavy atom. The Morgan fingerprint density at radius 3 is 2.58 bits per heavy atom. The monoisotopic (exact) mass is 355 g/mol. The van der Waals surface area contributed by atoms with Crippen LogP contribution in [0, 0.1) is 6.92 Å². The lowest BCUT2D eigenvalue weighted by Crippen LogP contribution is -2.39. The van der Waals surface area contributed by atoms with E-state index in [2.05, 4.69) is 0 Å². The first-order chi connectivity index (χ1) is 11.1. The van der Waals surface area contributed by atoms with Crippen molar-refractivity contribution >= 4 is 23.4 Å². The largest absolute Gasteiger partial charge is 0.487 e. The summed E-state index contributed by atoms with van der Waals surface area (Å²) in [7, 11) is 1.35. The van der Waals surface area contributed by atoms with E-state index in [4.69, 9.17) is 14.2 Å². The standard InChI is InChI=1S/C17H25NO5S/c1-10-7-12(9-18(10)16(20)23-17(3,4)5)22-13-8-11(2)24-14(13)15(19)21-6/h8,10,12H,7,9H2,1-6H3/t10-,12?/m0/s1. The molecule has 2 heterocycles. The lowest BCUT2D eigenvalue weighted by atomic mass is 10.2. The van der Waals surface area contributed by atoms with Crippen LogP contribution in [0.25, 0.3) is 0 Å². The molecule has 1 aliphatic rings. The number of methoxy groups -OCH3 is 1. The summed E-state index contributed by atoms with van der Waals surface area (Å²) >= 11 is 1.34. The molecule has 1 saturated heterocycles. The molecule has 24 heavy (non-hydrogen) atoms. The molecule has 0 saturated carbocycles. The minimum Gasteiger partial charge on any atom is -0.487 e. The maximum Gasteiger partial charge on any atom is 0.410 e. The van der Waals surface area contributed by atoms with Crippen molar-refractivity contribution in [2.45, 2.75) is 58.8 Å². The Kier molecular flexibility index (Phi) is 5.42. The molecule has 1 aliphatic heterocycles. The van der Waals surface area contributed by atoms with Crippen molar-refractivity contribution in [3.05, 3.63) is 15.8 Å². The molecule has 1 aromatic heterocycles. The van der Waals surface area contributed by atoms with Gasteiger partial charge in [-0.2, -0.15) is 0 Å². The zero-order valence-electron chi connectivity index (χ0n) is 15.0. The SMILES string of the molecule is COC(=O)c1sc(C)cc1OC1C[C@H](C)N(C(=O)OC(C)(C)C)C1. The van der Waals surface area contributed by atoms with Crippen molar-refractivity contribution in [1.82, 2.24) is 4.90 Å². The highest BCUT2D eigenvalue weighted by molar-refractivity contribution is 7.14. The summed E-state index contributed by atoms with van der Waals surface area (Å²) in [5, 5.41) is 0. The molecule has 0 N–H and O–H groups in total. The fourth-order valence-electron chi connectivity index (χ4n) is 2.63. The zero-order valence-corrected chi connectivity index (χ0v) is 15.9. The fourth-order valence-corrected chi connectivity index (χ4v) is 3.50. The summed E-state index contributed by atoms with van der Waals surface area (Å²) in [6, 6.07) is 1.85. The van der Waals surface area contributed by atoms with E-state index >= 15 is 0 Å². The third-order valence-electron chi connectivity index (χ3n) is 3.65. The maximum absolute atomic E-state index is 12.3. The Hall–Kier alpha value is -1.76. The number of hydrogen-bond acceptors (Lipinski definition) is 6. The van der Waals surface area contributed by atoms with Crippen molar-refractivity contribution in [3.8, 4) is 5.75 Å². The quantitative estimate of drug-likeness (QED) is 0.775. The molecular formula is C17H25NO5S. The van der Waals surface area contributed by atoms with Gasteiger partial charge in [0.1, 0.15) is 17.5 Å². The minimum atomic E-state index is -0.529. The van der Waals surface area contributed by atoms with E-state index in [1.807, 2.05) is 40.7 Å². The number of hydrogen-bond donors (Lipinski definition) is 0. The zero-order chi connectivity index (χ0) is 18.1. The van der Waals surface area contributed by atoms with Crippen LogP contribution in [0.2, 0.25) is 0 Å². The molecular weight excluding hydrogens is 330 g/mol. The van der Waals surface area contributed by atoms with Gasteiger partial charge in [0, 0.05) is 17.3 Å². The molecule has 2 rings (SSSR count). The second-order valence-electron chi connectivity index (χ2n) is 7.00. The van der Waals surface area contributed by atoms with Gasteiger partial charge >= 0.3 is 12.1 Å². The highest BCUT2D eigenvalue weighted by Gasteiger charge is 2.37. The third kappa shape index (κ3) is 4.41. The average Bonchev–Trinajstić information content (AvgIpc) is 2.99. The van der Waals surface area contributed by atoms with E-state index in [-0.39, 0.29) is 18.2 Å². The van der Waals surface area contributed by atoms with E-state index < -0.39 is 11.6 Å². The number of nitrogens with zero attached hydrogens (tertiary/aromatic N) is 1. The summed E-state index contributed by atoms with van der Waals surface area (Å²) in [6.07, 6.45) is 0.176. The Morgan fingerprint density at radius 2 is 2.00 bits per heavy atom. The molecule has 134 valence electrons. The molecule has 1 aromatic rings. The van der Waals surface area contributed by atoms with E-state index in [1.165, 1.54) is 18.4 Å². The number of carbonyl (C=O) groups is 2. The lowest BCUT2D eigenvalue weighted by Gasteiger charge is -2.26. The molecule has 0 radical (unpaired) electrons. The van der Waals surface area contributed by atoms with Gasteiger partial charge in [0.25, 0.3) is 0 Å². The van der Waals surface area contributed by atoms with Gasteiger partial charge in [0.05, 0.1) is 13.7 Å². The van der Waals surface area contributed by atoms with Crippen molar-refractivity contribution < 1.29 is 23.8 Å². The van der Waals surface area contributed by atoms with E-state index in [9.17, 15) is 9.59 Å². The summed E-state index contributed by atoms with van der Waals surface area (Å²) in [5.74, 6) is 0.116. The van der Waals surface area contributed by atoms with Crippen molar-refractivity contribution in [1.29, 1.82) is 0 Å². The van der Waals surface area contributed by atoms with Gasteiger partial charge in [0.15, 0.2) is 4.88 Å². The fraction of sp³-hybridized carbons (Fsp3) is 0.647. The number of carbonyl (C=O) groups excluding carboxylic acids is 2. The molecule has 1 fully saturated rings. The van der Waals surface area contributed by atoms with Gasteiger partial charge in [-0.15, -0.1) is 11.3 Å². The van der Waals surface area contributed by atoms with Crippen LogP contribution in [0.3, 0.4) is 0 Å². The first kappa shape index (κ1) is 18.6. The van der Waals surface area contributed by atoms with Crippen LogP contribution in [0.15, 0.2) is 6.07 Å². The summed E-state index contributed by atoms with van der Waals surface area (Å²) in [5.41, 5.74) is -0.529. The van der Waals surface area contributed by atoms with Crippen molar-refractivity contribution in [2.24, 2.45) is 0 Å². The molecule has 0 aromatic carbocycles. The predicted molar refractivity (Wildman–Crippen MR) is 91.8 cm³/mol. The lowest BCUT2D eigenvalue weighted by molar-refractivity contribution is 0.0223. The number of rotatable bonds is 3. The van der Waals surface area contributed by atoms with Gasteiger partial charge in [0.2, 0.25) is 0 Å². The highest BCUT2D eigenvalue weighted by atomic mass is 32.1. The number of amides is 1. The number of esters is 1. The van der Waals surface area contributed by atoms with Gasteiger partial charge in [-0.05, 0) is 40.7 Å². The highest BCUT2D eigenvalue weighted by Crippen LogP contribution is 2.32. The molecule has 0 bridgehead atoms.